The minimum Gasteiger partial charge on any atom is -0.356 e. The van der Waals surface area contributed by atoms with Crippen LogP contribution in [-0.4, -0.2) is 23.5 Å². The van der Waals surface area contributed by atoms with Crippen LogP contribution in [-0.2, 0) is 24.1 Å². The Morgan fingerprint density at radius 1 is 1.29 bits per heavy atom. The van der Waals surface area contributed by atoms with E-state index in [1.165, 1.54) is 41.3 Å². The number of amides is 1. The van der Waals surface area contributed by atoms with Crippen LogP contribution in [0.5, 0.6) is 0 Å². The largest absolute Gasteiger partial charge is 0.356 e. The molecular formula is C16H25N3OS. The molecule has 1 fully saturated rings. The predicted octanol–water partition coefficient (Wildman–Crippen LogP) is 2.20. The molecule has 1 amide bonds. The summed E-state index contributed by atoms with van der Waals surface area (Å²) in [5.74, 6) is 0.538. The standard InChI is InChI=1S/C16H25N3OS/c17-12-5-3-4-11(12)10-15(20)18-9-8-16-19-13-6-1-2-7-14(13)21-16/h11-12H,1-10,17H2,(H,18,20)/t11-,12+/m0/s1. The van der Waals surface area contributed by atoms with Crippen LogP contribution in [0.25, 0.3) is 0 Å². The van der Waals surface area contributed by atoms with Gasteiger partial charge in [-0.1, -0.05) is 6.42 Å². The lowest BCUT2D eigenvalue weighted by atomic mass is 10.00. The molecule has 2 atom stereocenters. The fourth-order valence-electron chi connectivity index (χ4n) is 3.45. The molecule has 0 radical (unpaired) electrons. The summed E-state index contributed by atoms with van der Waals surface area (Å²) in [5.41, 5.74) is 7.32. The van der Waals surface area contributed by atoms with Gasteiger partial charge in [-0.2, -0.15) is 0 Å². The molecule has 1 saturated carbocycles. The summed E-state index contributed by atoms with van der Waals surface area (Å²) >= 11 is 1.84. The number of nitrogens with one attached hydrogen (secondary N) is 1. The molecule has 0 unspecified atom stereocenters. The van der Waals surface area contributed by atoms with Crippen molar-refractivity contribution in [2.45, 2.75) is 63.8 Å². The third-order valence-corrected chi connectivity index (χ3v) is 5.93. The van der Waals surface area contributed by atoms with Gasteiger partial charge < -0.3 is 11.1 Å². The van der Waals surface area contributed by atoms with E-state index < -0.39 is 0 Å². The molecule has 116 valence electrons. The van der Waals surface area contributed by atoms with Crippen molar-refractivity contribution >= 4 is 17.2 Å². The van der Waals surface area contributed by atoms with Gasteiger partial charge in [0, 0.05) is 30.3 Å². The Kier molecular flexibility index (Phi) is 4.91. The smallest absolute Gasteiger partial charge is 0.220 e. The Labute approximate surface area is 130 Å². The summed E-state index contributed by atoms with van der Waals surface area (Å²) < 4.78 is 0. The first-order valence-electron chi connectivity index (χ1n) is 8.22. The zero-order valence-corrected chi connectivity index (χ0v) is 13.4. The average molecular weight is 307 g/mol. The SMILES string of the molecule is N[C@@H]1CCC[C@H]1CC(=O)NCCc1nc2c(s1)CCCC2. The van der Waals surface area contributed by atoms with E-state index in [0.29, 0.717) is 18.9 Å². The van der Waals surface area contributed by atoms with Crippen LogP contribution < -0.4 is 11.1 Å². The monoisotopic (exact) mass is 307 g/mol. The van der Waals surface area contributed by atoms with Crippen molar-refractivity contribution in [2.75, 3.05) is 6.54 Å². The highest BCUT2D eigenvalue weighted by Gasteiger charge is 2.25. The molecule has 2 aliphatic rings. The second kappa shape index (κ2) is 6.88. The number of aryl methyl sites for hydroxylation is 2. The molecule has 3 rings (SSSR count). The van der Waals surface area contributed by atoms with E-state index >= 15 is 0 Å². The van der Waals surface area contributed by atoms with E-state index in [0.717, 1.165) is 25.7 Å². The molecule has 0 aromatic carbocycles. The molecule has 21 heavy (non-hydrogen) atoms. The lowest BCUT2D eigenvalue weighted by Gasteiger charge is -2.14. The van der Waals surface area contributed by atoms with Crippen LogP contribution >= 0.6 is 11.3 Å². The highest BCUT2D eigenvalue weighted by Crippen LogP contribution is 2.27. The van der Waals surface area contributed by atoms with E-state index in [2.05, 4.69) is 5.32 Å². The second-order valence-electron chi connectivity index (χ2n) is 6.34. The molecule has 1 heterocycles. The van der Waals surface area contributed by atoms with Gasteiger partial charge in [0.2, 0.25) is 5.91 Å². The van der Waals surface area contributed by atoms with Crippen molar-refractivity contribution in [3.05, 3.63) is 15.6 Å². The number of carbonyl (C=O) groups excluding carboxylic acids is 1. The number of rotatable bonds is 5. The number of nitrogens with zero attached hydrogens (tertiary/aromatic N) is 1. The normalized spacial score (nSPS) is 24.8. The van der Waals surface area contributed by atoms with Crippen LogP contribution in [0.4, 0.5) is 0 Å². The number of aromatic nitrogens is 1. The van der Waals surface area contributed by atoms with Gasteiger partial charge in [-0.05, 0) is 44.4 Å². The van der Waals surface area contributed by atoms with Gasteiger partial charge in [-0.15, -0.1) is 11.3 Å². The number of fused-ring (bicyclic) bond motifs is 1. The summed E-state index contributed by atoms with van der Waals surface area (Å²) in [6, 6.07) is 0.224. The minimum absolute atomic E-state index is 0.152. The maximum absolute atomic E-state index is 11.9. The van der Waals surface area contributed by atoms with Gasteiger partial charge in [0.15, 0.2) is 0 Å². The van der Waals surface area contributed by atoms with Crippen molar-refractivity contribution in [2.24, 2.45) is 11.7 Å². The molecule has 0 saturated heterocycles. The lowest BCUT2D eigenvalue weighted by Crippen LogP contribution is -2.32. The molecule has 5 heteroatoms. The van der Waals surface area contributed by atoms with Crippen molar-refractivity contribution in [1.82, 2.24) is 10.3 Å². The van der Waals surface area contributed by atoms with Gasteiger partial charge >= 0.3 is 0 Å². The van der Waals surface area contributed by atoms with E-state index in [1.807, 2.05) is 11.3 Å². The van der Waals surface area contributed by atoms with Crippen LogP contribution in [0.2, 0.25) is 0 Å². The van der Waals surface area contributed by atoms with Gasteiger partial charge in [0.1, 0.15) is 0 Å². The Morgan fingerprint density at radius 3 is 2.90 bits per heavy atom. The molecule has 0 aliphatic heterocycles. The first kappa shape index (κ1) is 15.0. The fraction of sp³-hybridized carbons (Fsp3) is 0.750. The molecule has 0 bridgehead atoms. The van der Waals surface area contributed by atoms with Gasteiger partial charge in [-0.3, -0.25) is 4.79 Å². The van der Waals surface area contributed by atoms with E-state index in [-0.39, 0.29) is 11.9 Å². The maximum atomic E-state index is 11.9. The molecule has 1 aromatic heterocycles. The lowest BCUT2D eigenvalue weighted by molar-refractivity contribution is -0.122. The number of thiazole rings is 1. The van der Waals surface area contributed by atoms with Gasteiger partial charge in [0.05, 0.1) is 10.7 Å². The second-order valence-corrected chi connectivity index (χ2v) is 7.51. The molecule has 4 nitrogen and oxygen atoms in total. The summed E-state index contributed by atoms with van der Waals surface area (Å²) in [6.07, 6.45) is 9.70. The molecular weight excluding hydrogens is 282 g/mol. The van der Waals surface area contributed by atoms with Crippen molar-refractivity contribution < 1.29 is 4.79 Å². The third-order valence-electron chi connectivity index (χ3n) is 4.72. The number of nitrogens with two attached hydrogens (primary N) is 1. The Bertz CT molecular complexity index is 476. The van der Waals surface area contributed by atoms with E-state index in [1.54, 1.807) is 0 Å². The Hall–Kier alpha value is -0.940. The fourth-order valence-corrected chi connectivity index (χ4v) is 4.61. The number of hydrogen-bond acceptors (Lipinski definition) is 4. The zero-order valence-electron chi connectivity index (χ0n) is 12.6. The third kappa shape index (κ3) is 3.83. The average Bonchev–Trinajstić information content (AvgIpc) is 3.05. The van der Waals surface area contributed by atoms with Crippen molar-refractivity contribution in [3.63, 3.8) is 0 Å². The highest BCUT2D eigenvalue weighted by atomic mass is 32.1. The van der Waals surface area contributed by atoms with E-state index in [4.69, 9.17) is 10.7 Å². The predicted molar refractivity (Wildman–Crippen MR) is 85.4 cm³/mol. The quantitative estimate of drug-likeness (QED) is 0.876. The minimum atomic E-state index is 0.152. The van der Waals surface area contributed by atoms with Crippen molar-refractivity contribution in [3.8, 4) is 0 Å². The van der Waals surface area contributed by atoms with Crippen LogP contribution in [0.1, 0.15) is 54.1 Å². The van der Waals surface area contributed by atoms with Gasteiger partial charge in [-0.25, -0.2) is 4.98 Å². The first-order valence-corrected chi connectivity index (χ1v) is 9.04. The first-order chi connectivity index (χ1) is 10.2. The molecule has 1 aromatic rings. The molecule has 3 N–H and O–H groups in total. The summed E-state index contributed by atoms with van der Waals surface area (Å²) in [6.45, 7) is 0.702. The summed E-state index contributed by atoms with van der Waals surface area (Å²) in [4.78, 5) is 18.1. The summed E-state index contributed by atoms with van der Waals surface area (Å²) in [7, 11) is 0. The summed E-state index contributed by atoms with van der Waals surface area (Å²) in [5, 5.41) is 4.21. The zero-order chi connectivity index (χ0) is 14.7. The Balaban J connectivity index is 1.41. The highest BCUT2D eigenvalue weighted by molar-refractivity contribution is 7.11. The van der Waals surface area contributed by atoms with Crippen molar-refractivity contribution in [1.29, 1.82) is 0 Å². The molecule has 0 spiro atoms. The van der Waals surface area contributed by atoms with Crippen LogP contribution in [0.3, 0.4) is 0 Å². The van der Waals surface area contributed by atoms with Crippen LogP contribution in [0.15, 0.2) is 0 Å². The number of hydrogen-bond donors (Lipinski definition) is 2. The van der Waals surface area contributed by atoms with Gasteiger partial charge in [0.25, 0.3) is 0 Å². The van der Waals surface area contributed by atoms with Crippen LogP contribution in [0, 0.1) is 5.92 Å². The maximum Gasteiger partial charge on any atom is 0.220 e. The topological polar surface area (TPSA) is 68.0 Å². The Morgan fingerprint density at radius 2 is 2.14 bits per heavy atom. The molecule has 2 aliphatic carbocycles. The number of carbonyl (C=O) groups is 1. The van der Waals surface area contributed by atoms with E-state index in [9.17, 15) is 4.79 Å².